The molecule has 1 unspecified atom stereocenters. The quantitative estimate of drug-likeness (QED) is 0.779. The lowest BCUT2D eigenvalue weighted by Crippen LogP contribution is -2.44. The highest BCUT2D eigenvalue weighted by molar-refractivity contribution is 8.93. The minimum Gasteiger partial charge on any atom is -0.356 e. The van der Waals surface area contributed by atoms with E-state index in [1.165, 1.54) is 27.8 Å². The Hall–Kier alpha value is -1.20. The molecule has 4 heteroatoms. The predicted octanol–water partition coefficient (Wildman–Crippen LogP) is 2.66. The molecule has 2 aliphatic rings. The van der Waals surface area contributed by atoms with Crippen molar-refractivity contribution in [2.75, 3.05) is 6.54 Å². The van der Waals surface area contributed by atoms with Crippen molar-refractivity contribution < 1.29 is 10.2 Å². The Morgan fingerprint density at radius 1 is 0.952 bits per heavy atom. The van der Waals surface area contributed by atoms with E-state index < -0.39 is 6.41 Å². The van der Waals surface area contributed by atoms with Crippen molar-refractivity contribution in [3.63, 3.8) is 0 Å². The SMILES string of the molecule is Br.OC(O)N1CCc2cccc3c2C1Cc1ccccc1-3. The van der Waals surface area contributed by atoms with Crippen LogP contribution in [0.5, 0.6) is 0 Å². The number of hydrogen-bond donors (Lipinski definition) is 2. The lowest BCUT2D eigenvalue weighted by Gasteiger charge is -2.42. The van der Waals surface area contributed by atoms with Crippen LogP contribution in [0.2, 0.25) is 0 Å². The molecule has 1 heterocycles. The molecule has 0 bridgehead atoms. The van der Waals surface area contributed by atoms with Crippen LogP contribution in [-0.4, -0.2) is 28.1 Å². The van der Waals surface area contributed by atoms with E-state index in [1.54, 1.807) is 4.90 Å². The van der Waals surface area contributed by atoms with Crippen LogP contribution in [0.1, 0.15) is 22.7 Å². The summed E-state index contributed by atoms with van der Waals surface area (Å²) in [6, 6.07) is 14.9. The molecule has 0 radical (unpaired) electrons. The third-order valence-corrected chi connectivity index (χ3v) is 4.59. The zero-order valence-corrected chi connectivity index (χ0v) is 13.3. The monoisotopic (exact) mass is 347 g/mol. The number of aliphatic hydroxyl groups excluding tert-OH is 1. The highest BCUT2D eigenvalue weighted by atomic mass is 79.9. The molecule has 0 amide bonds. The van der Waals surface area contributed by atoms with Gasteiger partial charge in [0, 0.05) is 12.6 Å². The maximum absolute atomic E-state index is 9.65. The van der Waals surface area contributed by atoms with Crippen LogP contribution in [0.3, 0.4) is 0 Å². The van der Waals surface area contributed by atoms with Gasteiger partial charge in [-0.3, -0.25) is 0 Å². The Morgan fingerprint density at radius 2 is 1.67 bits per heavy atom. The van der Waals surface area contributed by atoms with E-state index in [2.05, 4.69) is 42.5 Å². The van der Waals surface area contributed by atoms with Crippen LogP contribution in [0.4, 0.5) is 0 Å². The Morgan fingerprint density at radius 3 is 2.48 bits per heavy atom. The Bertz CT molecular complexity index is 672. The maximum Gasteiger partial charge on any atom is 0.214 e. The molecule has 0 spiro atoms. The van der Waals surface area contributed by atoms with Gasteiger partial charge in [-0.25, -0.2) is 4.90 Å². The Balaban J connectivity index is 0.00000132. The fourth-order valence-corrected chi connectivity index (χ4v) is 3.70. The van der Waals surface area contributed by atoms with Crippen molar-refractivity contribution in [3.05, 3.63) is 59.2 Å². The summed E-state index contributed by atoms with van der Waals surface area (Å²) in [5.74, 6) is 0. The van der Waals surface area contributed by atoms with Crippen LogP contribution in [0.25, 0.3) is 11.1 Å². The first kappa shape index (κ1) is 14.7. The summed E-state index contributed by atoms with van der Waals surface area (Å²) in [7, 11) is 0. The summed E-state index contributed by atoms with van der Waals surface area (Å²) in [4.78, 5) is 1.79. The molecule has 0 aromatic heterocycles. The van der Waals surface area contributed by atoms with Gasteiger partial charge in [-0.1, -0.05) is 42.5 Å². The van der Waals surface area contributed by atoms with Gasteiger partial charge in [0.1, 0.15) is 0 Å². The predicted molar refractivity (Wildman–Crippen MR) is 87.3 cm³/mol. The van der Waals surface area contributed by atoms with E-state index in [0.717, 1.165) is 12.8 Å². The summed E-state index contributed by atoms with van der Waals surface area (Å²) in [5, 5.41) is 19.3. The zero-order chi connectivity index (χ0) is 13.7. The van der Waals surface area contributed by atoms with E-state index in [9.17, 15) is 10.2 Å². The van der Waals surface area contributed by atoms with Gasteiger partial charge >= 0.3 is 0 Å². The molecule has 2 aromatic carbocycles. The van der Waals surface area contributed by atoms with E-state index in [0.29, 0.717) is 6.54 Å². The van der Waals surface area contributed by atoms with Crippen LogP contribution in [0.15, 0.2) is 42.5 Å². The summed E-state index contributed by atoms with van der Waals surface area (Å²) in [6.07, 6.45) is 0.337. The standard InChI is InChI=1S/C17H17NO2.BrH/c19-17(20)18-9-8-11-5-3-7-14-13-6-2-1-4-12(13)10-15(18)16(11)14;/h1-7,15,17,19-20H,8-10H2;1H. The van der Waals surface area contributed by atoms with Gasteiger partial charge in [0.05, 0.1) is 0 Å². The lowest BCUT2D eigenvalue weighted by molar-refractivity contribution is -0.173. The number of nitrogens with zero attached hydrogens (tertiary/aromatic N) is 1. The van der Waals surface area contributed by atoms with Crippen molar-refractivity contribution in [1.29, 1.82) is 0 Å². The van der Waals surface area contributed by atoms with Crippen molar-refractivity contribution in [2.45, 2.75) is 25.3 Å². The van der Waals surface area contributed by atoms with E-state index >= 15 is 0 Å². The third-order valence-electron chi connectivity index (χ3n) is 4.59. The second kappa shape index (κ2) is 5.54. The van der Waals surface area contributed by atoms with Crippen molar-refractivity contribution in [3.8, 4) is 11.1 Å². The fraction of sp³-hybridized carbons (Fsp3) is 0.294. The molecule has 1 atom stereocenters. The molecule has 0 saturated heterocycles. The smallest absolute Gasteiger partial charge is 0.214 e. The number of rotatable bonds is 1. The molecule has 0 saturated carbocycles. The normalized spacial score (nSPS) is 19.7. The van der Waals surface area contributed by atoms with Crippen LogP contribution < -0.4 is 0 Å². The van der Waals surface area contributed by atoms with E-state index in [4.69, 9.17) is 0 Å². The lowest BCUT2D eigenvalue weighted by atomic mass is 9.77. The average Bonchev–Trinajstić information content (AvgIpc) is 2.47. The molecule has 2 aromatic rings. The highest BCUT2D eigenvalue weighted by Gasteiger charge is 2.36. The Labute approximate surface area is 134 Å². The summed E-state index contributed by atoms with van der Waals surface area (Å²) in [5.41, 5.74) is 6.45. The zero-order valence-electron chi connectivity index (χ0n) is 11.6. The third kappa shape index (κ3) is 2.23. The molecule has 1 aliphatic heterocycles. The maximum atomic E-state index is 9.65. The molecule has 3 nitrogen and oxygen atoms in total. The number of halogens is 1. The molecular weight excluding hydrogens is 330 g/mol. The van der Waals surface area contributed by atoms with E-state index in [-0.39, 0.29) is 23.0 Å². The molecule has 21 heavy (non-hydrogen) atoms. The van der Waals surface area contributed by atoms with Gasteiger partial charge in [-0.15, -0.1) is 17.0 Å². The number of aliphatic hydroxyl groups is 2. The minimum atomic E-state index is -1.38. The Kier molecular flexibility index (Phi) is 3.88. The first-order valence-corrected chi connectivity index (χ1v) is 7.07. The molecule has 1 aliphatic carbocycles. The summed E-state index contributed by atoms with van der Waals surface area (Å²) < 4.78 is 0. The van der Waals surface area contributed by atoms with Crippen molar-refractivity contribution in [1.82, 2.24) is 4.90 Å². The van der Waals surface area contributed by atoms with Gasteiger partial charge in [0.25, 0.3) is 0 Å². The second-order valence-electron chi connectivity index (χ2n) is 5.59. The molecule has 4 rings (SSSR count). The second-order valence-corrected chi connectivity index (χ2v) is 5.59. The first-order valence-electron chi connectivity index (χ1n) is 7.07. The summed E-state index contributed by atoms with van der Waals surface area (Å²) >= 11 is 0. The van der Waals surface area contributed by atoms with Crippen molar-refractivity contribution >= 4 is 17.0 Å². The number of benzene rings is 2. The van der Waals surface area contributed by atoms with E-state index in [1.807, 2.05) is 0 Å². The van der Waals surface area contributed by atoms with Crippen molar-refractivity contribution in [2.24, 2.45) is 0 Å². The van der Waals surface area contributed by atoms with Gasteiger partial charge in [-0.2, -0.15) is 0 Å². The minimum absolute atomic E-state index is 0. The van der Waals surface area contributed by atoms with Crippen LogP contribution in [-0.2, 0) is 12.8 Å². The average molecular weight is 348 g/mol. The molecule has 110 valence electrons. The molecule has 2 N–H and O–H groups in total. The fourth-order valence-electron chi connectivity index (χ4n) is 3.70. The first-order chi connectivity index (χ1) is 9.75. The number of fused-ring (bicyclic) bond motifs is 2. The van der Waals surface area contributed by atoms with Gasteiger partial charge < -0.3 is 10.2 Å². The summed E-state index contributed by atoms with van der Waals surface area (Å²) in [6.45, 7) is 0.695. The van der Waals surface area contributed by atoms with Gasteiger partial charge in [-0.05, 0) is 40.7 Å². The largest absolute Gasteiger partial charge is 0.356 e. The van der Waals surface area contributed by atoms with Crippen LogP contribution >= 0.6 is 17.0 Å². The van der Waals surface area contributed by atoms with Crippen LogP contribution in [0, 0.1) is 0 Å². The topological polar surface area (TPSA) is 43.7 Å². The van der Waals surface area contributed by atoms with Gasteiger partial charge in [0.2, 0.25) is 6.41 Å². The van der Waals surface area contributed by atoms with Gasteiger partial charge in [0.15, 0.2) is 0 Å². The molecular formula is C17H18BrNO2. The number of hydrogen-bond acceptors (Lipinski definition) is 3. The highest BCUT2D eigenvalue weighted by Crippen LogP contribution is 2.45. The molecule has 0 fully saturated rings.